The molecular weight excluding hydrogens is 366 g/mol. The molecule has 0 saturated carbocycles. The van der Waals surface area contributed by atoms with E-state index in [1.54, 1.807) is 0 Å². The maximum absolute atomic E-state index is 12.8. The van der Waals surface area contributed by atoms with E-state index in [9.17, 15) is 9.90 Å². The Morgan fingerprint density at radius 3 is 2.55 bits per heavy atom. The van der Waals surface area contributed by atoms with Gasteiger partial charge in [0, 0.05) is 52.5 Å². The van der Waals surface area contributed by atoms with Gasteiger partial charge in [-0.15, -0.1) is 0 Å². The van der Waals surface area contributed by atoms with Crippen molar-refractivity contribution in [3.8, 4) is 0 Å². The quantitative estimate of drug-likeness (QED) is 0.815. The highest BCUT2D eigenvalue weighted by Crippen LogP contribution is 2.42. The molecule has 6 heteroatoms. The van der Waals surface area contributed by atoms with Gasteiger partial charge < -0.3 is 19.6 Å². The molecule has 1 amide bonds. The van der Waals surface area contributed by atoms with Crippen LogP contribution in [-0.4, -0.2) is 86.4 Å². The van der Waals surface area contributed by atoms with Gasteiger partial charge in [-0.25, -0.2) is 0 Å². The van der Waals surface area contributed by atoms with Gasteiger partial charge in [0.2, 0.25) is 5.91 Å². The molecule has 3 fully saturated rings. The monoisotopic (exact) mass is 401 g/mol. The van der Waals surface area contributed by atoms with Gasteiger partial charge >= 0.3 is 0 Å². The molecule has 29 heavy (non-hydrogen) atoms. The molecule has 1 spiro atoms. The molecule has 2 atom stereocenters. The summed E-state index contributed by atoms with van der Waals surface area (Å²) in [5, 5.41) is 9.72. The Labute approximate surface area is 174 Å². The van der Waals surface area contributed by atoms with E-state index in [2.05, 4.69) is 34.1 Å². The number of β-amino-alcohol motifs (C(OH)–C–C–N with tert-alkyl or cyclic N) is 1. The molecule has 0 unspecified atom stereocenters. The molecule has 0 radical (unpaired) electrons. The second-order valence-corrected chi connectivity index (χ2v) is 9.46. The Morgan fingerprint density at radius 2 is 1.93 bits per heavy atom. The second kappa shape index (κ2) is 8.62. The number of benzene rings is 1. The lowest BCUT2D eigenvalue weighted by Gasteiger charge is -2.38. The van der Waals surface area contributed by atoms with Crippen LogP contribution in [0.3, 0.4) is 0 Å². The summed E-state index contributed by atoms with van der Waals surface area (Å²) in [5.41, 5.74) is 2.48. The minimum atomic E-state index is -0.168. The summed E-state index contributed by atoms with van der Waals surface area (Å²) in [6.07, 6.45) is 4.64. The molecule has 160 valence electrons. The molecule has 3 saturated heterocycles. The minimum absolute atomic E-state index is 0.168. The highest BCUT2D eigenvalue weighted by atomic mass is 16.5. The van der Waals surface area contributed by atoms with E-state index in [1.165, 1.54) is 0 Å². The number of likely N-dealkylation sites (tertiary alicyclic amines) is 2. The van der Waals surface area contributed by atoms with Crippen LogP contribution in [0.1, 0.15) is 31.2 Å². The molecule has 0 aromatic heterocycles. The van der Waals surface area contributed by atoms with Crippen LogP contribution in [0.25, 0.3) is 0 Å². The normalized spacial score (nSPS) is 26.9. The molecule has 1 aromatic carbocycles. The lowest BCUT2D eigenvalue weighted by Crippen LogP contribution is -2.44. The molecule has 0 aliphatic carbocycles. The number of amides is 1. The Balaban J connectivity index is 1.24. The predicted octanol–water partition coefficient (Wildman–Crippen LogP) is 1.76. The summed E-state index contributed by atoms with van der Waals surface area (Å²) in [6.45, 7) is 5.20. The average molecular weight is 402 g/mol. The van der Waals surface area contributed by atoms with Gasteiger partial charge in [-0.1, -0.05) is 12.1 Å². The van der Waals surface area contributed by atoms with Gasteiger partial charge in [0.1, 0.15) is 0 Å². The van der Waals surface area contributed by atoms with Crippen molar-refractivity contribution in [1.29, 1.82) is 0 Å². The summed E-state index contributed by atoms with van der Waals surface area (Å²) < 4.78 is 6.13. The zero-order valence-electron chi connectivity index (χ0n) is 17.8. The van der Waals surface area contributed by atoms with E-state index in [0.717, 1.165) is 76.3 Å². The molecule has 1 aromatic rings. The van der Waals surface area contributed by atoms with Crippen LogP contribution in [0.15, 0.2) is 24.3 Å². The SMILES string of the molecule is CN(C)c1ccc(CC(=O)N2CCC3(CC2)CO[C@@H](CN2CC[C@H](O)C2)C3)cc1. The van der Waals surface area contributed by atoms with Crippen LogP contribution in [0.5, 0.6) is 0 Å². The van der Waals surface area contributed by atoms with Crippen LogP contribution >= 0.6 is 0 Å². The van der Waals surface area contributed by atoms with Crippen molar-refractivity contribution in [3.63, 3.8) is 0 Å². The lowest BCUT2D eigenvalue weighted by molar-refractivity contribution is -0.132. The van der Waals surface area contributed by atoms with Crippen molar-refractivity contribution >= 4 is 11.6 Å². The van der Waals surface area contributed by atoms with Crippen molar-refractivity contribution < 1.29 is 14.6 Å². The largest absolute Gasteiger partial charge is 0.392 e. The van der Waals surface area contributed by atoms with Gasteiger partial charge in [0.15, 0.2) is 0 Å². The number of ether oxygens (including phenoxy) is 1. The summed E-state index contributed by atoms with van der Waals surface area (Å²) in [5.74, 6) is 0.235. The molecule has 6 nitrogen and oxygen atoms in total. The lowest BCUT2D eigenvalue weighted by atomic mass is 9.76. The summed E-state index contributed by atoms with van der Waals surface area (Å²) in [7, 11) is 4.05. The van der Waals surface area contributed by atoms with Crippen molar-refractivity contribution in [2.75, 3.05) is 58.3 Å². The fourth-order valence-corrected chi connectivity index (χ4v) is 5.06. The van der Waals surface area contributed by atoms with Crippen molar-refractivity contribution in [3.05, 3.63) is 29.8 Å². The third-order valence-corrected chi connectivity index (χ3v) is 6.98. The first-order chi connectivity index (χ1) is 13.9. The Morgan fingerprint density at radius 1 is 1.21 bits per heavy atom. The van der Waals surface area contributed by atoms with E-state index in [1.807, 2.05) is 19.0 Å². The number of carbonyl (C=O) groups excluding carboxylic acids is 1. The highest BCUT2D eigenvalue weighted by molar-refractivity contribution is 5.79. The zero-order chi connectivity index (χ0) is 20.4. The van der Waals surface area contributed by atoms with Crippen LogP contribution in [0, 0.1) is 5.41 Å². The number of piperidine rings is 1. The fourth-order valence-electron chi connectivity index (χ4n) is 5.06. The van der Waals surface area contributed by atoms with Gasteiger partial charge in [-0.05, 0) is 48.8 Å². The first-order valence-corrected chi connectivity index (χ1v) is 11.0. The van der Waals surface area contributed by atoms with Gasteiger partial charge in [0.25, 0.3) is 0 Å². The van der Waals surface area contributed by atoms with Crippen LogP contribution in [-0.2, 0) is 16.0 Å². The first kappa shape index (κ1) is 20.6. The van der Waals surface area contributed by atoms with Gasteiger partial charge in [-0.2, -0.15) is 0 Å². The van der Waals surface area contributed by atoms with Crippen molar-refractivity contribution in [2.24, 2.45) is 5.41 Å². The van der Waals surface area contributed by atoms with E-state index < -0.39 is 0 Å². The van der Waals surface area contributed by atoms with E-state index in [-0.39, 0.29) is 23.5 Å². The number of nitrogens with zero attached hydrogens (tertiary/aromatic N) is 3. The number of rotatable bonds is 5. The summed E-state index contributed by atoms with van der Waals surface area (Å²) >= 11 is 0. The molecule has 1 N–H and O–H groups in total. The number of anilines is 1. The van der Waals surface area contributed by atoms with Gasteiger partial charge in [0.05, 0.1) is 25.2 Å². The predicted molar refractivity (Wildman–Crippen MR) is 114 cm³/mol. The molecule has 4 rings (SSSR count). The Hall–Kier alpha value is -1.63. The summed E-state index contributed by atoms with van der Waals surface area (Å²) in [6, 6.07) is 8.26. The third kappa shape index (κ3) is 4.93. The minimum Gasteiger partial charge on any atom is -0.392 e. The number of aliphatic hydroxyl groups excluding tert-OH is 1. The van der Waals surface area contributed by atoms with E-state index in [0.29, 0.717) is 6.42 Å². The van der Waals surface area contributed by atoms with E-state index in [4.69, 9.17) is 4.74 Å². The average Bonchev–Trinajstić information content (AvgIpc) is 3.29. The second-order valence-electron chi connectivity index (χ2n) is 9.46. The molecule has 3 heterocycles. The van der Waals surface area contributed by atoms with Crippen LogP contribution in [0.4, 0.5) is 5.69 Å². The van der Waals surface area contributed by atoms with Crippen molar-refractivity contribution in [1.82, 2.24) is 9.80 Å². The van der Waals surface area contributed by atoms with Crippen LogP contribution in [0.2, 0.25) is 0 Å². The Bertz CT molecular complexity index is 698. The number of hydrogen-bond donors (Lipinski definition) is 1. The number of aliphatic hydroxyl groups is 1. The Kier molecular flexibility index (Phi) is 6.13. The third-order valence-electron chi connectivity index (χ3n) is 6.98. The molecular formula is C23H35N3O3. The first-order valence-electron chi connectivity index (χ1n) is 11.0. The number of carbonyl (C=O) groups is 1. The number of hydrogen-bond acceptors (Lipinski definition) is 5. The highest BCUT2D eigenvalue weighted by Gasteiger charge is 2.43. The van der Waals surface area contributed by atoms with Gasteiger partial charge in [-0.3, -0.25) is 9.69 Å². The van der Waals surface area contributed by atoms with E-state index >= 15 is 0 Å². The molecule has 0 bridgehead atoms. The van der Waals surface area contributed by atoms with Crippen molar-refractivity contribution in [2.45, 2.75) is 44.3 Å². The van der Waals surface area contributed by atoms with Crippen LogP contribution < -0.4 is 4.90 Å². The topological polar surface area (TPSA) is 56.2 Å². The smallest absolute Gasteiger partial charge is 0.226 e. The zero-order valence-corrected chi connectivity index (χ0v) is 17.8. The fraction of sp³-hybridized carbons (Fsp3) is 0.696. The molecule has 3 aliphatic rings. The maximum Gasteiger partial charge on any atom is 0.226 e. The maximum atomic E-state index is 12.8. The summed E-state index contributed by atoms with van der Waals surface area (Å²) in [4.78, 5) is 19.2. The standard InChI is InChI=1S/C23H35N3O3/c1-24(2)19-5-3-18(4-6-19)13-22(28)26-11-8-23(9-12-26)14-21(29-17-23)16-25-10-7-20(27)15-25/h3-6,20-21,27H,7-17H2,1-2H3/t20-,21+/m0/s1. The molecule has 3 aliphatic heterocycles.